The van der Waals surface area contributed by atoms with Crippen LogP contribution in [0.25, 0.3) is 16.9 Å². The van der Waals surface area contributed by atoms with Crippen LogP contribution in [0.4, 0.5) is 0 Å². The molecule has 0 fully saturated rings. The first-order valence-corrected chi connectivity index (χ1v) is 9.40. The summed E-state index contributed by atoms with van der Waals surface area (Å²) in [7, 11) is 3.17. The lowest BCUT2D eigenvalue weighted by atomic mass is 10.3. The van der Waals surface area contributed by atoms with Gasteiger partial charge in [-0.15, -0.1) is 0 Å². The molecule has 30 heavy (non-hydrogen) atoms. The maximum Gasteiger partial charge on any atom is 0.332 e. The van der Waals surface area contributed by atoms with Gasteiger partial charge in [0.05, 0.1) is 18.2 Å². The Balaban J connectivity index is 1.49. The van der Waals surface area contributed by atoms with E-state index in [2.05, 4.69) is 15.4 Å². The van der Waals surface area contributed by atoms with Crippen molar-refractivity contribution in [2.45, 2.75) is 13.1 Å². The van der Waals surface area contributed by atoms with Crippen molar-refractivity contribution < 1.29 is 4.79 Å². The number of nitrogens with zero attached hydrogens (tertiary/aromatic N) is 6. The number of hydrogen-bond donors (Lipinski definition) is 1. The molecule has 4 aromatic rings. The molecule has 1 amide bonds. The van der Waals surface area contributed by atoms with Crippen molar-refractivity contribution in [1.29, 1.82) is 0 Å². The van der Waals surface area contributed by atoms with Crippen LogP contribution in [0.3, 0.4) is 0 Å². The van der Waals surface area contributed by atoms with E-state index in [9.17, 15) is 14.4 Å². The molecule has 1 N–H and O–H groups in total. The minimum atomic E-state index is -0.600. The third-order valence-electron chi connectivity index (χ3n) is 4.72. The second-order valence-electron chi connectivity index (χ2n) is 6.81. The topological polar surface area (TPSA) is 109 Å². The Kier molecular flexibility index (Phi) is 5.00. The minimum absolute atomic E-state index is 0.204. The molecule has 0 radical (unpaired) electrons. The standard InChI is InChI=1S/C19H18ClN7O3/c1-24-11-22-17-16(24)18(29)26(19(30)25(17)2)10-15(28)21-7-12-8-23-27(9-12)14-5-3-13(20)4-6-14/h3-6,8-9,11H,7,10H2,1-2H3,(H,21,28). The number of halogens is 1. The normalized spacial score (nSPS) is 11.2. The Labute approximate surface area is 174 Å². The van der Waals surface area contributed by atoms with Crippen LogP contribution < -0.4 is 16.6 Å². The van der Waals surface area contributed by atoms with Crippen molar-refractivity contribution in [3.8, 4) is 5.69 Å². The molecule has 3 heterocycles. The molecule has 0 aliphatic heterocycles. The van der Waals surface area contributed by atoms with E-state index in [-0.39, 0.29) is 17.7 Å². The molecule has 10 nitrogen and oxygen atoms in total. The predicted molar refractivity (Wildman–Crippen MR) is 111 cm³/mol. The van der Waals surface area contributed by atoms with E-state index in [0.29, 0.717) is 5.02 Å². The van der Waals surface area contributed by atoms with E-state index in [1.165, 1.54) is 22.5 Å². The number of carbonyl (C=O) groups excluding carboxylic acids is 1. The molecule has 154 valence electrons. The Morgan fingerprint density at radius 2 is 1.90 bits per heavy atom. The van der Waals surface area contributed by atoms with E-state index in [1.54, 1.807) is 36.3 Å². The molecule has 3 aromatic heterocycles. The summed E-state index contributed by atoms with van der Waals surface area (Å²) in [4.78, 5) is 41.6. The molecular formula is C19H18ClN7O3. The number of imidazole rings is 1. The highest BCUT2D eigenvalue weighted by molar-refractivity contribution is 6.30. The summed E-state index contributed by atoms with van der Waals surface area (Å²) in [6, 6.07) is 7.18. The Morgan fingerprint density at radius 1 is 1.17 bits per heavy atom. The maximum atomic E-state index is 12.7. The summed E-state index contributed by atoms with van der Waals surface area (Å²) in [5, 5.41) is 7.60. The average Bonchev–Trinajstić information content (AvgIpc) is 3.35. The van der Waals surface area contributed by atoms with Crippen molar-refractivity contribution in [3.63, 3.8) is 0 Å². The molecule has 1 aromatic carbocycles. The number of benzene rings is 1. The molecule has 0 spiro atoms. The van der Waals surface area contributed by atoms with E-state index >= 15 is 0 Å². The highest BCUT2D eigenvalue weighted by Crippen LogP contribution is 2.13. The van der Waals surface area contributed by atoms with E-state index in [0.717, 1.165) is 15.8 Å². The number of aromatic nitrogens is 6. The molecule has 0 atom stereocenters. The third kappa shape index (κ3) is 3.52. The van der Waals surface area contributed by atoms with Crippen LogP contribution >= 0.6 is 11.6 Å². The fourth-order valence-electron chi connectivity index (χ4n) is 3.12. The Morgan fingerprint density at radius 3 is 2.63 bits per heavy atom. The first-order chi connectivity index (χ1) is 14.3. The van der Waals surface area contributed by atoms with Crippen molar-refractivity contribution >= 4 is 28.7 Å². The lowest BCUT2D eigenvalue weighted by Crippen LogP contribution is -2.43. The Hall–Kier alpha value is -3.66. The van der Waals surface area contributed by atoms with Crippen molar-refractivity contribution in [2.24, 2.45) is 14.1 Å². The molecule has 4 rings (SSSR count). The van der Waals surface area contributed by atoms with E-state index in [1.807, 2.05) is 12.1 Å². The quantitative estimate of drug-likeness (QED) is 0.501. The lowest BCUT2D eigenvalue weighted by molar-refractivity contribution is -0.121. The van der Waals surface area contributed by atoms with Gasteiger partial charge in [0.1, 0.15) is 6.54 Å². The molecular weight excluding hydrogens is 410 g/mol. The van der Waals surface area contributed by atoms with Gasteiger partial charge in [-0.2, -0.15) is 5.10 Å². The summed E-state index contributed by atoms with van der Waals surface area (Å²) in [6.07, 6.45) is 4.85. The molecule has 0 aliphatic carbocycles. The van der Waals surface area contributed by atoms with E-state index in [4.69, 9.17) is 11.6 Å². The van der Waals surface area contributed by atoms with Gasteiger partial charge in [0.2, 0.25) is 5.91 Å². The second-order valence-corrected chi connectivity index (χ2v) is 7.24. The number of amides is 1. The van der Waals surface area contributed by atoms with Gasteiger partial charge in [0.25, 0.3) is 5.56 Å². The summed E-state index contributed by atoms with van der Waals surface area (Å²) >= 11 is 5.89. The zero-order chi connectivity index (χ0) is 21.4. The van der Waals surface area contributed by atoms with Crippen LogP contribution in [0.1, 0.15) is 5.56 Å². The van der Waals surface area contributed by atoms with Gasteiger partial charge >= 0.3 is 5.69 Å². The highest BCUT2D eigenvalue weighted by Gasteiger charge is 2.17. The van der Waals surface area contributed by atoms with Crippen LogP contribution in [0.15, 0.2) is 52.6 Å². The third-order valence-corrected chi connectivity index (χ3v) is 4.97. The minimum Gasteiger partial charge on any atom is -0.350 e. The summed E-state index contributed by atoms with van der Waals surface area (Å²) < 4.78 is 5.34. The first kappa shape index (κ1) is 19.6. The monoisotopic (exact) mass is 427 g/mol. The zero-order valence-corrected chi connectivity index (χ0v) is 17.0. The zero-order valence-electron chi connectivity index (χ0n) is 16.2. The van der Waals surface area contributed by atoms with Gasteiger partial charge in [-0.3, -0.25) is 14.2 Å². The molecule has 11 heteroatoms. The number of aryl methyl sites for hydroxylation is 2. The summed E-state index contributed by atoms with van der Waals surface area (Å²) in [6.45, 7) is -0.187. The number of nitrogens with one attached hydrogen (secondary N) is 1. The smallest absolute Gasteiger partial charge is 0.332 e. The van der Waals surface area contributed by atoms with Gasteiger partial charge in [-0.05, 0) is 24.3 Å². The van der Waals surface area contributed by atoms with E-state index < -0.39 is 23.7 Å². The number of fused-ring (bicyclic) bond motifs is 1. The van der Waals surface area contributed by atoms with Gasteiger partial charge in [-0.1, -0.05) is 11.6 Å². The van der Waals surface area contributed by atoms with Gasteiger partial charge < -0.3 is 9.88 Å². The fourth-order valence-corrected chi connectivity index (χ4v) is 3.25. The molecule has 0 aliphatic rings. The van der Waals surface area contributed by atoms with Crippen LogP contribution in [-0.4, -0.2) is 34.4 Å². The van der Waals surface area contributed by atoms with Gasteiger partial charge in [0, 0.05) is 37.4 Å². The van der Waals surface area contributed by atoms with Crippen LogP contribution in [0, 0.1) is 0 Å². The predicted octanol–water partition coefficient (Wildman–Crippen LogP) is 0.589. The number of hydrogen-bond acceptors (Lipinski definition) is 5. The van der Waals surface area contributed by atoms with Crippen LogP contribution in [0.5, 0.6) is 0 Å². The van der Waals surface area contributed by atoms with Crippen molar-refractivity contribution in [1.82, 2.24) is 33.8 Å². The second kappa shape index (κ2) is 7.64. The molecule has 0 saturated carbocycles. The number of rotatable bonds is 5. The van der Waals surface area contributed by atoms with Crippen molar-refractivity contribution in [3.05, 3.63) is 74.4 Å². The van der Waals surface area contributed by atoms with Crippen LogP contribution in [-0.2, 0) is 32.0 Å². The van der Waals surface area contributed by atoms with Crippen LogP contribution in [0.2, 0.25) is 5.02 Å². The lowest BCUT2D eigenvalue weighted by Gasteiger charge is -2.09. The maximum absolute atomic E-state index is 12.7. The average molecular weight is 428 g/mol. The molecule has 0 saturated heterocycles. The van der Waals surface area contributed by atoms with Crippen molar-refractivity contribution in [2.75, 3.05) is 0 Å². The SMILES string of the molecule is Cn1cnc2c1c(=O)n(CC(=O)NCc1cnn(-c3ccc(Cl)cc3)c1)c(=O)n2C. The first-order valence-electron chi connectivity index (χ1n) is 9.02. The largest absolute Gasteiger partial charge is 0.350 e. The number of carbonyl (C=O) groups is 1. The summed E-state index contributed by atoms with van der Waals surface area (Å²) in [5.41, 5.74) is 0.973. The van der Waals surface area contributed by atoms with Gasteiger partial charge in [0.15, 0.2) is 11.2 Å². The molecule has 0 unspecified atom stereocenters. The van der Waals surface area contributed by atoms with Gasteiger partial charge in [-0.25, -0.2) is 19.0 Å². The summed E-state index contributed by atoms with van der Waals surface area (Å²) in [5.74, 6) is -0.463. The fraction of sp³-hybridized carbons (Fsp3) is 0.211. The Bertz CT molecular complexity index is 1360. The highest BCUT2D eigenvalue weighted by atomic mass is 35.5. The molecule has 0 bridgehead atoms.